The number of hydrogen-bond acceptors (Lipinski definition) is 10. The molecule has 0 unspecified atom stereocenters. The quantitative estimate of drug-likeness (QED) is 0.236. The average Bonchev–Trinajstić information content (AvgIpc) is 3.21. The molecule has 0 aliphatic heterocycles. The van der Waals surface area contributed by atoms with E-state index in [2.05, 4.69) is 15.3 Å². The fraction of sp³-hybridized carbons (Fsp3) is 0.400. The highest BCUT2D eigenvalue weighted by molar-refractivity contribution is 7.53. The third kappa shape index (κ3) is 8.70. The van der Waals surface area contributed by atoms with Crippen LogP contribution in [0.1, 0.15) is 34.6 Å². The van der Waals surface area contributed by atoms with Crippen LogP contribution in [0.5, 0.6) is 11.6 Å². The summed E-state index contributed by atoms with van der Waals surface area (Å²) in [4.78, 5) is 32.8. The Morgan fingerprint density at radius 2 is 1.89 bits per heavy atom. The minimum Gasteiger partial charge on any atom is -0.494 e. The lowest BCUT2D eigenvalue weighted by molar-refractivity contribution is 0.0955. The number of anilines is 1. The number of thiazole rings is 1. The van der Waals surface area contributed by atoms with Crippen molar-refractivity contribution in [1.29, 1.82) is 0 Å². The lowest BCUT2D eigenvalue weighted by atomic mass is 10.1. The summed E-state index contributed by atoms with van der Waals surface area (Å²) in [7, 11) is -1.37. The molecular weight excluding hydrogens is 531 g/mol. The molecule has 0 aliphatic rings. The van der Waals surface area contributed by atoms with Crippen molar-refractivity contribution in [1.82, 2.24) is 15.3 Å². The number of aromatic hydroxyl groups is 1. The van der Waals surface area contributed by atoms with Gasteiger partial charge in [0.25, 0.3) is 5.91 Å². The van der Waals surface area contributed by atoms with Gasteiger partial charge in [-0.1, -0.05) is 23.5 Å². The summed E-state index contributed by atoms with van der Waals surface area (Å²) in [5, 5.41) is 12.5. The van der Waals surface area contributed by atoms with Crippen LogP contribution in [-0.4, -0.2) is 67.1 Å². The SMILES string of the molecule is CCOP(=O)(CCNC(=O)c1ccnc(N(C)CCOc2ccc(Cc3sc(=O)[nH]c3O)cc2)c1)OCC. The molecule has 2 aromatic heterocycles. The van der Waals surface area contributed by atoms with Crippen molar-refractivity contribution in [3.8, 4) is 11.6 Å². The summed E-state index contributed by atoms with van der Waals surface area (Å²) < 4.78 is 28.9. The third-order valence-electron chi connectivity index (χ3n) is 5.41. The van der Waals surface area contributed by atoms with Gasteiger partial charge in [0.1, 0.15) is 18.2 Å². The van der Waals surface area contributed by atoms with Gasteiger partial charge in [-0.2, -0.15) is 0 Å². The monoisotopic (exact) mass is 564 g/mol. The standard InChI is InChI=1S/C25H33N4O7PS/c1-4-35-37(33,36-5-2)15-12-27-23(30)19-10-11-26-22(17-19)29(3)13-14-34-20-8-6-18(7-9-20)16-21-24(31)28-25(32)38-21/h6-11,17,31H,4-5,12-16H2,1-3H3,(H,27,30)(H,28,32). The number of benzene rings is 1. The Morgan fingerprint density at radius 1 is 1.18 bits per heavy atom. The van der Waals surface area contributed by atoms with Gasteiger partial charge in [0.15, 0.2) is 0 Å². The molecule has 0 fully saturated rings. The molecule has 38 heavy (non-hydrogen) atoms. The summed E-state index contributed by atoms with van der Waals surface area (Å²) in [6.07, 6.45) is 2.10. The Balaban J connectivity index is 1.47. The highest BCUT2D eigenvalue weighted by Crippen LogP contribution is 2.47. The van der Waals surface area contributed by atoms with Gasteiger partial charge in [0.05, 0.1) is 30.8 Å². The van der Waals surface area contributed by atoms with Gasteiger partial charge >= 0.3 is 12.5 Å². The zero-order chi connectivity index (χ0) is 27.5. The highest BCUT2D eigenvalue weighted by atomic mass is 32.1. The van der Waals surface area contributed by atoms with E-state index in [9.17, 15) is 19.3 Å². The van der Waals surface area contributed by atoms with Crippen molar-refractivity contribution in [2.75, 3.05) is 51.0 Å². The molecule has 206 valence electrons. The number of nitrogens with one attached hydrogen (secondary N) is 2. The number of H-pyrrole nitrogens is 1. The van der Waals surface area contributed by atoms with E-state index in [1.165, 1.54) is 0 Å². The maximum Gasteiger partial charge on any atom is 0.332 e. The number of aromatic nitrogens is 2. The van der Waals surface area contributed by atoms with Crippen LogP contribution >= 0.6 is 18.9 Å². The molecule has 0 spiro atoms. The van der Waals surface area contributed by atoms with Crippen LogP contribution in [0, 0.1) is 0 Å². The van der Waals surface area contributed by atoms with Crippen LogP contribution in [0.15, 0.2) is 47.4 Å². The topological polar surface area (TPSA) is 143 Å². The Morgan fingerprint density at radius 3 is 2.53 bits per heavy atom. The van der Waals surface area contributed by atoms with Crippen molar-refractivity contribution in [2.24, 2.45) is 0 Å². The second kappa shape index (κ2) is 14.1. The molecule has 3 aromatic rings. The number of carbonyl (C=O) groups excluding carboxylic acids is 1. The maximum atomic E-state index is 12.6. The summed E-state index contributed by atoms with van der Waals surface area (Å²) in [5.41, 5.74) is 1.37. The number of aromatic amines is 1. The van der Waals surface area contributed by atoms with E-state index in [4.69, 9.17) is 13.8 Å². The molecular formula is C25H33N4O7PS. The molecule has 11 nitrogen and oxygen atoms in total. The van der Waals surface area contributed by atoms with E-state index < -0.39 is 7.60 Å². The summed E-state index contributed by atoms with van der Waals surface area (Å²) in [6.45, 7) is 5.09. The highest BCUT2D eigenvalue weighted by Gasteiger charge is 2.23. The summed E-state index contributed by atoms with van der Waals surface area (Å²) >= 11 is 0.989. The van der Waals surface area contributed by atoms with E-state index in [0.29, 0.717) is 41.6 Å². The second-order valence-electron chi connectivity index (χ2n) is 8.21. The van der Waals surface area contributed by atoms with Gasteiger partial charge in [-0.3, -0.25) is 19.1 Å². The van der Waals surface area contributed by atoms with Gasteiger partial charge in [0, 0.05) is 31.8 Å². The molecule has 1 amide bonds. The fourth-order valence-electron chi connectivity index (χ4n) is 3.51. The lowest BCUT2D eigenvalue weighted by Gasteiger charge is -2.19. The first kappa shape index (κ1) is 29.4. The van der Waals surface area contributed by atoms with Crippen molar-refractivity contribution < 1.29 is 28.3 Å². The minimum atomic E-state index is -3.22. The van der Waals surface area contributed by atoms with Gasteiger partial charge in [-0.05, 0) is 43.7 Å². The zero-order valence-corrected chi connectivity index (χ0v) is 23.3. The molecule has 0 aliphatic carbocycles. The number of ether oxygens (including phenoxy) is 1. The number of carbonyl (C=O) groups is 1. The number of hydrogen-bond donors (Lipinski definition) is 3. The Kier molecular flexibility index (Phi) is 10.9. The first-order chi connectivity index (χ1) is 18.2. The van der Waals surface area contributed by atoms with Gasteiger partial charge in [-0.25, -0.2) is 4.98 Å². The summed E-state index contributed by atoms with van der Waals surface area (Å²) in [5.74, 6) is 0.896. The van der Waals surface area contributed by atoms with Crippen LogP contribution in [0.2, 0.25) is 0 Å². The van der Waals surface area contributed by atoms with Crippen molar-refractivity contribution >= 4 is 30.7 Å². The number of pyridine rings is 1. The first-order valence-corrected chi connectivity index (χ1v) is 14.7. The number of likely N-dealkylation sites (N-methyl/N-ethyl adjacent to an activating group) is 1. The molecule has 0 radical (unpaired) electrons. The predicted molar refractivity (Wildman–Crippen MR) is 147 cm³/mol. The van der Waals surface area contributed by atoms with Crippen molar-refractivity contribution in [3.05, 3.63) is 68.3 Å². The van der Waals surface area contributed by atoms with Crippen LogP contribution in [0.3, 0.4) is 0 Å². The van der Waals surface area contributed by atoms with Crippen molar-refractivity contribution in [3.63, 3.8) is 0 Å². The fourth-order valence-corrected chi connectivity index (χ4v) is 5.78. The smallest absolute Gasteiger partial charge is 0.332 e. The second-order valence-corrected chi connectivity index (χ2v) is 11.5. The molecule has 2 heterocycles. The summed E-state index contributed by atoms with van der Waals surface area (Å²) in [6, 6.07) is 10.7. The molecule has 0 bridgehead atoms. The average molecular weight is 565 g/mol. The van der Waals surface area contributed by atoms with Crippen molar-refractivity contribution in [2.45, 2.75) is 20.3 Å². The van der Waals surface area contributed by atoms with Gasteiger partial charge in [0.2, 0.25) is 5.88 Å². The van der Waals surface area contributed by atoms with Crippen LogP contribution in [0.4, 0.5) is 5.82 Å². The predicted octanol–water partition coefficient (Wildman–Crippen LogP) is 3.64. The van der Waals surface area contributed by atoms with Crippen LogP contribution in [0.25, 0.3) is 0 Å². The molecule has 3 rings (SSSR count). The zero-order valence-electron chi connectivity index (χ0n) is 21.6. The minimum absolute atomic E-state index is 0.0900. The Labute approximate surface area is 225 Å². The first-order valence-electron chi connectivity index (χ1n) is 12.2. The Hall–Kier alpha value is -3.18. The third-order valence-corrected chi connectivity index (χ3v) is 8.35. The van der Waals surface area contributed by atoms with E-state index in [-0.39, 0.29) is 42.6 Å². The Bertz CT molecular complexity index is 1290. The van der Waals surface area contributed by atoms with Gasteiger partial charge in [-0.15, -0.1) is 0 Å². The molecule has 0 saturated heterocycles. The normalized spacial score (nSPS) is 11.3. The van der Waals surface area contributed by atoms with Gasteiger partial charge < -0.3 is 29.1 Å². The number of rotatable bonds is 15. The molecule has 13 heteroatoms. The maximum absolute atomic E-state index is 12.6. The van der Waals surface area contributed by atoms with E-state index >= 15 is 0 Å². The number of nitrogens with zero attached hydrogens (tertiary/aromatic N) is 2. The molecule has 3 N–H and O–H groups in total. The lowest BCUT2D eigenvalue weighted by Crippen LogP contribution is -2.28. The van der Waals surface area contributed by atoms with E-state index in [0.717, 1.165) is 16.9 Å². The molecule has 1 aromatic carbocycles. The number of amides is 1. The molecule has 0 atom stereocenters. The van der Waals surface area contributed by atoms with E-state index in [1.807, 2.05) is 36.2 Å². The van der Waals surface area contributed by atoms with Crippen LogP contribution < -0.4 is 19.8 Å². The molecule has 0 saturated carbocycles. The largest absolute Gasteiger partial charge is 0.494 e. The van der Waals surface area contributed by atoms with E-state index in [1.54, 1.807) is 32.2 Å². The van der Waals surface area contributed by atoms with Crippen LogP contribution in [-0.2, 0) is 20.0 Å².